The predicted octanol–water partition coefficient (Wildman–Crippen LogP) is 3.05. The van der Waals surface area contributed by atoms with E-state index < -0.39 is 11.5 Å². The Hall–Kier alpha value is -3.35. The Morgan fingerprint density at radius 3 is 2.67 bits per heavy atom. The van der Waals surface area contributed by atoms with Crippen molar-refractivity contribution in [1.29, 1.82) is 0 Å². The number of aromatic amines is 1. The average Bonchev–Trinajstić information content (AvgIpc) is 2.66. The quantitative estimate of drug-likeness (QED) is 0.724. The number of aryl methyl sites for hydroxylation is 1. The average molecular weight is 404 g/mol. The van der Waals surface area contributed by atoms with Crippen molar-refractivity contribution in [3.05, 3.63) is 69.0 Å². The van der Waals surface area contributed by atoms with Gasteiger partial charge in [0.05, 0.1) is 12.1 Å². The lowest BCUT2D eigenvalue weighted by atomic mass is 9.75. The fourth-order valence-electron chi connectivity index (χ4n) is 4.04. The van der Waals surface area contributed by atoms with Gasteiger partial charge in [-0.2, -0.15) is 0 Å². The van der Waals surface area contributed by atoms with Gasteiger partial charge in [-0.1, -0.05) is 32.0 Å². The monoisotopic (exact) mass is 404 g/mol. The van der Waals surface area contributed by atoms with Gasteiger partial charge < -0.3 is 9.88 Å². The van der Waals surface area contributed by atoms with Crippen LogP contribution in [-0.2, 0) is 13.0 Å². The van der Waals surface area contributed by atoms with Crippen LogP contribution in [-0.4, -0.2) is 38.6 Å². The van der Waals surface area contributed by atoms with E-state index in [2.05, 4.69) is 15.0 Å². The number of H-pyrrole nitrogens is 1. The number of ketones is 1. The number of carbonyl (C=O) groups is 2. The van der Waals surface area contributed by atoms with Crippen molar-refractivity contribution in [2.45, 2.75) is 40.2 Å². The summed E-state index contributed by atoms with van der Waals surface area (Å²) in [6.07, 6.45) is 0.984. The first kappa shape index (κ1) is 19.9. The molecule has 1 aliphatic rings. The second-order valence-electron chi connectivity index (χ2n) is 8.75. The molecular formula is C23H24N4O3. The number of carbonyl (C=O) groups excluding carboxylic acids is 2. The molecule has 1 amide bonds. The van der Waals surface area contributed by atoms with Gasteiger partial charge in [0.2, 0.25) is 0 Å². The zero-order valence-corrected chi connectivity index (χ0v) is 17.6. The molecular weight excluding hydrogens is 380 g/mol. The zero-order chi connectivity index (χ0) is 21.6. The van der Waals surface area contributed by atoms with E-state index in [4.69, 9.17) is 0 Å². The number of aromatic nitrogens is 3. The Morgan fingerprint density at radius 1 is 1.17 bits per heavy atom. The van der Waals surface area contributed by atoms with Crippen LogP contribution in [0.5, 0.6) is 0 Å². The van der Waals surface area contributed by atoms with E-state index >= 15 is 0 Å². The first-order valence-corrected chi connectivity index (χ1v) is 9.92. The molecule has 0 radical (unpaired) electrons. The first-order valence-electron chi connectivity index (χ1n) is 9.92. The number of amides is 1. The van der Waals surface area contributed by atoms with Crippen molar-refractivity contribution >= 4 is 22.6 Å². The fourth-order valence-corrected chi connectivity index (χ4v) is 4.04. The van der Waals surface area contributed by atoms with Crippen molar-refractivity contribution in [2.24, 2.45) is 5.41 Å². The molecule has 3 aromatic rings. The molecule has 7 nitrogen and oxygen atoms in total. The molecule has 1 N–H and O–H groups in total. The number of benzene rings is 1. The molecule has 0 atom stereocenters. The molecule has 30 heavy (non-hydrogen) atoms. The van der Waals surface area contributed by atoms with Crippen molar-refractivity contribution in [3.63, 3.8) is 0 Å². The van der Waals surface area contributed by atoms with E-state index in [1.54, 1.807) is 7.05 Å². The molecule has 0 bridgehead atoms. The molecule has 0 saturated carbocycles. The molecule has 7 heteroatoms. The number of nitrogens with zero attached hydrogens (tertiary/aromatic N) is 3. The molecule has 154 valence electrons. The molecule has 0 saturated heterocycles. The molecule has 2 heterocycles. The van der Waals surface area contributed by atoms with Crippen LogP contribution in [0, 0.1) is 12.3 Å². The Balaban J connectivity index is 1.63. The summed E-state index contributed by atoms with van der Waals surface area (Å²) in [5.74, 6) is -0.0250. The fraction of sp³-hybridized carbons (Fsp3) is 0.348. The van der Waals surface area contributed by atoms with Crippen LogP contribution in [0.1, 0.15) is 58.2 Å². The molecule has 0 fully saturated rings. The molecule has 1 aromatic carbocycles. The van der Waals surface area contributed by atoms with Crippen LogP contribution < -0.4 is 5.56 Å². The lowest BCUT2D eigenvalue weighted by Gasteiger charge is -2.30. The molecule has 1 aliphatic carbocycles. The lowest BCUT2D eigenvalue weighted by Crippen LogP contribution is -2.35. The standard InChI is InChI=1S/C23H24N4O3/c1-13-14-7-5-6-8-17(14)25-20(24-13)12-27(4)22(30)16-9-15-18(26-21(16)29)10-23(2,3)11-19(15)28/h5-9H,10-12H2,1-4H3,(H,26,29). The van der Waals surface area contributed by atoms with Crippen molar-refractivity contribution < 1.29 is 9.59 Å². The van der Waals surface area contributed by atoms with E-state index in [0.717, 1.165) is 16.6 Å². The van der Waals surface area contributed by atoms with Gasteiger partial charge >= 0.3 is 0 Å². The molecule has 2 aromatic heterocycles. The van der Waals surface area contributed by atoms with E-state index in [0.29, 0.717) is 29.9 Å². The highest BCUT2D eigenvalue weighted by Gasteiger charge is 2.33. The van der Waals surface area contributed by atoms with Gasteiger partial charge in [0.25, 0.3) is 11.5 Å². The van der Waals surface area contributed by atoms with Crippen LogP contribution in [0.25, 0.3) is 10.9 Å². The smallest absolute Gasteiger partial charge is 0.261 e. The number of hydrogen-bond donors (Lipinski definition) is 1. The van der Waals surface area contributed by atoms with Crippen molar-refractivity contribution in [1.82, 2.24) is 19.9 Å². The highest BCUT2D eigenvalue weighted by molar-refractivity contribution is 6.02. The minimum absolute atomic E-state index is 0.0400. The maximum Gasteiger partial charge on any atom is 0.261 e. The maximum absolute atomic E-state index is 13.0. The van der Waals surface area contributed by atoms with Gasteiger partial charge in [-0.3, -0.25) is 14.4 Å². The van der Waals surface area contributed by atoms with E-state index in [9.17, 15) is 14.4 Å². The summed E-state index contributed by atoms with van der Waals surface area (Å²) in [5.41, 5.74) is 1.95. The third-order valence-corrected chi connectivity index (χ3v) is 5.51. The minimum Gasteiger partial charge on any atom is -0.334 e. The Morgan fingerprint density at radius 2 is 1.90 bits per heavy atom. The van der Waals surface area contributed by atoms with E-state index in [-0.39, 0.29) is 23.3 Å². The number of fused-ring (bicyclic) bond motifs is 2. The minimum atomic E-state index is -0.480. The van der Waals surface area contributed by atoms with Crippen LogP contribution in [0.2, 0.25) is 0 Å². The second-order valence-corrected chi connectivity index (χ2v) is 8.75. The van der Waals surface area contributed by atoms with E-state index in [1.807, 2.05) is 45.0 Å². The zero-order valence-electron chi connectivity index (χ0n) is 17.6. The Labute approximate surface area is 174 Å². The van der Waals surface area contributed by atoms with Crippen LogP contribution in [0.15, 0.2) is 35.1 Å². The molecule has 0 aliphatic heterocycles. The highest BCUT2D eigenvalue weighted by atomic mass is 16.2. The maximum atomic E-state index is 13.0. The molecule has 4 rings (SSSR count). The summed E-state index contributed by atoms with van der Waals surface area (Å²) in [6, 6.07) is 9.12. The molecule has 0 unspecified atom stereocenters. The predicted molar refractivity (Wildman–Crippen MR) is 114 cm³/mol. The van der Waals surface area contributed by atoms with Gasteiger partial charge in [-0.25, -0.2) is 9.97 Å². The molecule has 0 spiro atoms. The largest absolute Gasteiger partial charge is 0.334 e. The Kier molecular flexibility index (Phi) is 4.76. The summed E-state index contributed by atoms with van der Waals surface area (Å²) >= 11 is 0. The van der Waals surface area contributed by atoms with Crippen molar-refractivity contribution in [2.75, 3.05) is 7.05 Å². The number of rotatable bonds is 3. The second kappa shape index (κ2) is 7.16. The number of pyridine rings is 1. The van der Waals surface area contributed by atoms with E-state index in [1.165, 1.54) is 11.0 Å². The SMILES string of the molecule is Cc1nc(CN(C)C(=O)c2cc3c([nH]c2=O)CC(C)(C)CC3=O)nc2ccccc12. The highest BCUT2D eigenvalue weighted by Crippen LogP contribution is 2.33. The normalized spacial score (nSPS) is 15.1. The number of hydrogen-bond acceptors (Lipinski definition) is 5. The van der Waals surface area contributed by atoms with Gasteiger partial charge in [0, 0.05) is 35.8 Å². The van der Waals surface area contributed by atoms with Gasteiger partial charge in [0.1, 0.15) is 11.4 Å². The Bertz CT molecular complexity index is 1240. The number of nitrogens with one attached hydrogen (secondary N) is 1. The van der Waals surface area contributed by atoms with Crippen LogP contribution >= 0.6 is 0 Å². The van der Waals surface area contributed by atoms with Crippen molar-refractivity contribution in [3.8, 4) is 0 Å². The first-order chi connectivity index (χ1) is 14.1. The third kappa shape index (κ3) is 3.63. The van der Waals surface area contributed by atoms with Gasteiger partial charge in [-0.15, -0.1) is 0 Å². The summed E-state index contributed by atoms with van der Waals surface area (Å²) in [5, 5.41) is 0.961. The summed E-state index contributed by atoms with van der Waals surface area (Å²) in [4.78, 5) is 51.3. The van der Waals surface area contributed by atoms with Gasteiger partial charge in [-0.05, 0) is 30.9 Å². The number of Topliss-reactive ketones (excluding diaryl/α,β-unsaturated/α-hetero) is 1. The summed E-state index contributed by atoms with van der Waals surface area (Å²) < 4.78 is 0. The summed E-state index contributed by atoms with van der Waals surface area (Å²) in [7, 11) is 1.60. The number of para-hydroxylation sites is 1. The third-order valence-electron chi connectivity index (χ3n) is 5.51. The van der Waals surface area contributed by atoms with Crippen LogP contribution in [0.4, 0.5) is 0 Å². The van der Waals surface area contributed by atoms with Gasteiger partial charge in [0.15, 0.2) is 5.78 Å². The topological polar surface area (TPSA) is 96.0 Å². The lowest BCUT2D eigenvalue weighted by molar-refractivity contribution is 0.0779. The van der Waals surface area contributed by atoms with Crippen LogP contribution in [0.3, 0.4) is 0 Å². The summed E-state index contributed by atoms with van der Waals surface area (Å²) in [6.45, 7) is 6.04.